The number of hydrogen-bond donors (Lipinski definition) is 8. The van der Waals surface area contributed by atoms with E-state index in [1.165, 1.54) is 6.07 Å². The van der Waals surface area contributed by atoms with Gasteiger partial charge in [0.25, 0.3) is 11.8 Å². The molecule has 23 heteroatoms. The number of ether oxygens (including phenoxy) is 4. The van der Waals surface area contributed by atoms with E-state index in [1.54, 1.807) is 38.5 Å². The number of alkyl carbamates (subject to hydrolysis) is 2. The molecule has 2 fully saturated rings. The standard InChI is InChI=1S/C25H37N7O4.C14H16ClN5O2.C11H22N2O2/c1-6-9-17-19(35-5)12-13-20(28-17)29-18-14-21(31-32-22(18)23(26)33)27-15-10-7-8-11-16(15)30-24(34)36-25(2,3)4;1-3-4-8-10(22-2)5-6-12(17-8)18-9-7-11(15)19-20-13(9)14(16)21;1-11(2,3)15-10(14)13-9-7-5-4-6-8(9)12/h12-16H,6-11H2,1-5H3,(H2,26,33)(H,30,34)(H2,27,28,29,31);5-7H,3-4H2,1-2H3,(H2,16,21)(H,17,18,19);8-9H,4-7,12H2,1-3H3,(H,13,14)/t15-,16+;;8-,9+/m1.1/s1. The molecule has 22 nitrogen and oxygen atoms in total. The summed E-state index contributed by atoms with van der Waals surface area (Å²) in [6.45, 7) is 15.2. The number of aromatic nitrogens is 6. The second kappa shape index (κ2) is 27.9. The molecule has 4 heterocycles. The fourth-order valence-corrected chi connectivity index (χ4v) is 8.05. The summed E-state index contributed by atoms with van der Waals surface area (Å²) < 4.78 is 21.3. The summed E-state index contributed by atoms with van der Waals surface area (Å²) in [5, 5.41) is 31.0. The number of pyridine rings is 2. The summed E-state index contributed by atoms with van der Waals surface area (Å²) in [5.41, 5.74) is 18.1. The first-order valence-electron chi connectivity index (χ1n) is 24.7. The maximum atomic E-state index is 12.4. The molecular formula is C50H75ClN14O8. The smallest absolute Gasteiger partial charge is 0.407 e. The van der Waals surface area contributed by atoms with Gasteiger partial charge in [0.15, 0.2) is 22.4 Å². The van der Waals surface area contributed by atoms with E-state index in [4.69, 9.17) is 47.7 Å². The maximum absolute atomic E-state index is 12.4. The number of aryl methyl sites for hydroxylation is 2. The fourth-order valence-electron chi connectivity index (χ4n) is 7.90. The van der Waals surface area contributed by atoms with Gasteiger partial charge in [0, 0.05) is 30.3 Å². The van der Waals surface area contributed by atoms with Crippen molar-refractivity contribution in [2.45, 2.75) is 168 Å². The van der Waals surface area contributed by atoms with Crippen LogP contribution in [0.5, 0.6) is 11.5 Å². The first-order valence-corrected chi connectivity index (χ1v) is 25.0. The van der Waals surface area contributed by atoms with Gasteiger partial charge in [-0.15, -0.1) is 20.4 Å². The Morgan fingerprint density at radius 1 is 0.616 bits per heavy atom. The average Bonchev–Trinajstić information content (AvgIpc) is 3.30. The number of rotatable bonds is 16. The zero-order valence-corrected chi connectivity index (χ0v) is 44.6. The SMILES string of the molecule is CC(C)(C)OC(=O)N[C@H]1CCCC[C@H]1N.CCCc1nc(Nc2cc(Cl)nnc2C(N)=O)ccc1OC.CCCc1nc(Nc2cc(N[C@@H]3CCCC[C@@H]3NC(=O)OC(C)(C)C)nnc2C(N)=O)ccc1OC. The summed E-state index contributed by atoms with van der Waals surface area (Å²) in [7, 11) is 3.20. The number of carbonyl (C=O) groups is 4. The van der Waals surface area contributed by atoms with Crippen LogP contribution in [-0.2, 0) is 22.3 Å². The third-order valence-electron chi connectivity index (χ3n) is 11.2. The molecule has 6 rings (SSSR count). The number of primary amides is 2. The van der Waals surface area contributed by atoms with Crippen molar-refractivity contribution in [2.75, 3.05) is 30.2 Å². The molecule has 0 bridgehead atoms. The van der Waals surface area contributed by atoms with Crippen molar-refractivity contribution in [2.24, 2.45) is 17.2 Å². The Bertz CT molecular complexity index is 2470. The normalized spacial score (nSPS) is 17.4. The van der Waals surface area contributed by atoms with Gasteiger partial charge in [-0.25, -0.2) is 19.6 Å². The average molecular weight is 1040 g/mol. The molecule has 4 amide bonds. The molecule has 0 aromatic carbocycles. The van der Waals surface area contributed by atoms with Gasteiger partial charge >= 0.3 is 12.2 Å². The lowest BCUT2D eigenvalue weighted by atomic mass is 9.90. The van der Waals surface area contributed by atoms with Gasteiger partial charge in [0.05, 0.1) is 43.0 Å². The minimum Gasteiger partial charge on any atom is -0.495 e. The lowest BCUT2D eigenvalue weighted by Crippen LogP contribution is -2.50. The lowest BCUT2D eigenvalue weighted by molar-refractivity contribution is 0.0475. The lowest BCUT2D eigenvalue weighted by Gasteiger charge is -2.33. The predicted octanol–water partition coefficient (Wildman–Crippen LogP) is 8.03. The summed E-state index contributed by atoms with van der Waals surface area (Å²) in [5.74, 6) is 1.53. The summed E-state index contributed by atoms with van der Waals surface area (Å²) in [4.78, 5) is 56.4. The van der Waals surface area contributed by atoms with Gasteiger partial charge in [0.2, 0.25) is 0 Å². The Morgan fingerprint density at radius 2 is 1.05 bits per heavy atom. The van der Waals surface area contributed by atoms with Gasteiger partial charge < -0.3 is 62.7 Å². The van der Waals surface area contributed by atoms with E-state index < -0.39 is 29.1 Å². The van der Waals surface area contributed by atoms with Crippen LogP contribution in [0.1, 0.15) is 152 Å². The van der Waals surface area contributed by atoms with E-state index in [1.807, 2.05) is 47.6 Å². The van der Waals surface area contributed by atoms with Crippen LogP contribution in [-0.4, -0.2) is 104 Å². The molecule has 0 aliphatic heterocycles. The molecule has 2 saturated carbocycles. The van der Waals surface area contributed by atoms with E-state index in [9.17, 15) is 19.2 Å². The van der Waals surface area contributed by atoms with Crippen molar-refractivity contribution in [3.05, 3.63) is 64.3 Å². The minimum atomic E-state index is -0.707. The molecule has 4 atom stereocenters. The van der Waals surface area contributed by atoms with Crippen molar-refractivity contribution < 1.29 is 38.1 Å². The third-order valence-corrected chi connectivity index (χ3v) is 11.3. The highest BCUT2D eigenvalue weighted by atomic mass is 35.5. The molecule has 0 unspecified atom stereocenters. The molecule has 0 saturated heterocycles. The highest BCUT2D eigenvalue weighted by Gasteiger charge is 2.30. The largest absolute Gasteiger partial charge is 0.495 e. The van der Waals surface area contributed by atoms with Crippen molar-refractivity contribution in [3.63, 3.8) is 0 Å². The Kier molecular flexibility index (Phi) is 22.4. The van der Waals surface area contributed by atoms with E-state index in [0.717, 1.165) is 88.4 Å². The van der Waals surface area contributed by atoms with E-state index in [-0.39, 0.29) is 46.8 Å². The second-order valence-corrected chi connectivity index (χ2v) is 20.0. The highest BCUT2D eigenvalue weighted by molar-refractivity contribution is 6.29. The number of nitrogens with one attached hydrogen (secondary N) is 5. The zero-order chi connectivity index (χ0) is 53.9. The minimum absolute atomic E-state index is 0.000871. The monoisotopic (exact) mass is 1030 g/mol. The first-order chi connectivity index (χ1) is 34.5. The van der Waals surface area contributed by atoms with Gasteiger partial charge in [-0.2, -0.15) is 0 Å². The molecule has 400 valence electrons. The van der Waals surface area contributed by atoms with Crippen LogP contribution in [0.3, 0.4) is 0 Å². The van der Waals surface area contributed by atoms with Crippen LogP contribution < -0.4 is 53.3 Å². The highest BCUT2D eigenvalue weighted by Crippen LogP contribution is 2.29. The van der Waals surface area contributed by atoms with E-state index in [0.29, 0.717) is 40.3 Å². The number of hydrogen-bond acceptors (Lipinski definition) is 18. The summed E-state index contributed by atoms with van der Waals surface area (Å²) in [6.07, 6.45) is 10.5. The predicted molar refractivity (Wildman–Crippen MR) is 281 cm³/mol. The molecule has 4 aromatic heterocycles. The Labute approximate surface area is 433 Å². The van der Waals surface area contributed by atoms with Crippen LogP contribution in [0.2, 0.25) is 5.15 Å². The number of carbonyl (C=O) groups excluding carboxylic acids is 4. The van der Waals surface area contributed by atoms with Crippen LogP contribution >= 0.6 is 11.6 Å². The zero-order valence-electron chi connectivity index (χ0n) is 43.8. The second-order valence-electron chi connectivity index (χ2n) is 19.6. The van der Waals surface area contributed by atoms with Crippen LogP contribution in [0.25, 0.3) is 0 Å². The maximum Gasteiger partial charge on any atom is 0.407 e. The number of nitrogens with two attached hydrogens (primary N) is 3. The summed E-state index contributed by atoms with van der Waals surface area (Å²) >= 11 is 5.81. The van der Waals surface area contributed by atoms with Gasteiger partial charge in [0.1, 0.15) is 34.3 Å². The van der Waals surface area contributed by atoms with Gasteiger partial charge in [-0.1, -0.05) is 64.0 Å². The van der Waals surface area contributed by atoms with Gasteiger partial charge in [-0.3, -0.25) is 9.59 Å². The summed E-state index contributed by atoms with van der Waals surface area (Å²) in [6, 6.07) is 10.2. The molecule has 0 radical (unpaired) electrons. The number of nitrogens with zero attached hydrogens (tertiary/aromatic N) is 6. The topological polar surface area (TPSA) is 321 Å². The fraction of sp³-hybridized carbons (Fsp3) is 0.560. The van der Waals surface area contributed by atoms with Crippen LogP contribution in [0.4, 0.5) is 38.4 Å². The molecule has 0 spiro atoms. The quantitative estimate of drug-likeness (QED) is 0.0526. The number of amides is 4. The van der Waals surface area contributed by atoms with Crippen LogP contribution in [0, 0.1) is 0 Å². The van der Waals surface area contributed by atoms with Crippen molar-refractivity contribution in [3.8, 4) is 11.5 Å². The Balaban J connectivity index is 0.000000264. The Morgan fingerprint density at radius 3 is 1.51 bits per heavy atom. The molecule has 4 aromatic rings. The van der Waals surface area contributed by atoms with E-state index in [2.05, 4.69) is 70.8 Å². The first kappa shape index (κ1) is 58.8. The van der Waals surface area contributed by atoms with Gasteiger partial charge in [-0.05, 0) is 104 Å². The number of anilines is 5. The van der Waals surface area contributed by atoms with Crippen molar-refractivity contribution >= 4 is 64.4 Å². The number of halogens is 1. The Hall–Kier alpha value is -6.81. The van der Waals surface area contributed by atoms with E-state index >= 15 is 0 Å². The molecule has 2 aliphatic rings. The molecular weight excluding hydrogens is 960 g/mol. The van der Waals surface area contributed by atoms with Crippen molar-refractivity contribution in [1.29, 1.82) is 0 Å². The molecule has 2 aliphatic carbocycles. The van der Waals surface area contributed by atoms with Crippen LogP contribution in [0.15, 0.2) is 36.4 Å². The van der Waals surface area contributed by atoms with Crippen molar-refractivity contribution in [1.82, 2.24) is 41.0 Å². The number of methoxy groups -OCH3 is 2. The third kappa shape index (κ3) is 19.6. The molecule has 11 N–H and O–H groups in total. The molecule has 73 heavy (non-hydrogen) atoms.